The van der Waals surface area contributed by atoms with Gasteiger partial charge in [0, 0.05) is 32.1 Å². The molecule has 2 aliphatic heterocycles. The molecule has 7 nitrogen and oxygen atoms in total. The Kier molecular flexibility index (Phi) is 6.20. The van der Waals surface area contributed by atoms with E-state index in [1.807, 2.05) is 4.90 Å². The van der Waals surface area contributed by atoms with E-state index in [2.05, 4.69) is 6.58 Å². The number of likely N-dealkylation sites (tertiary alicyclic amines) is 1. The quantitative estimate of drug-likeness (QED) is 0.564. The topological polar surface area (TPSA) is 84.0 Å². The van der Waals surface area contributed by atoms with Crippen molar-refractivity contribution in [3.05, 3.63) is 42.0 Å². The Hall–Kier alpha value is -2.19. The largest absolute Gasteiger partial charge is 0.465 e. The van der Waals surface area contributed by atoms with Crippen LogP contribution in [0.25, 0.3) is 0 Å². The summed E-state index contributed by atoms with van der Waals surface area (Å²) in [5, 5.41) is 0. The maximum atomic E-state index is 13.1. The fourth-order valence-corrected chi connectivity index (χ4v) is 5.40. The monoisotopic (exact) mass is 406 g/mol. The third-order valence-electron chi connectivity index (χ3n) is 5.50. The van der Waals surface area contributed by atoms with Crippen molar-refractivity contribution in [2.75, 3.05) is 33.3 Å². The number of nitrogens with zero attached hydrogens (tertiary/aromatic N) is 2. The molecule has 0 aromatic heterocycles. The Bertz CT molecular complexity index is 862. The highest BCUT2D eigenvalue weighted by Crippen LogP contribution is 2.28. The van der Waals surface area contributed by atoms with Crippen molar-refractivity contribution in [2.24, 2.45) is 5.92 Å². The molecule has 1 aromatic carbocycles. The van der Waals surface area contributed by atoms with Crippen LogP contribution in [0.2, 0.25) is 0 Å². The summed E-state index contributed by atoms with van der Waals surface area (Å²) in [4.78, 5) is 26.5. The van der Waals surface area contributed by atoms with E-state index in [9.17, 15) is 18.0 Å². The summed E-state index contributed by atoms with van der Waals surface area (Å²) in [7, 11) is -2.61. The van der Waals surface area contributed by atoms with Crippen LogP contribution < -0.4 is 0 Å². The van der Waals surface area contributed by atoms with E-state index in [-0.39, 0.29) is 35.4 Å². The van der Waals surface area contributed by atoms with Crippen LogP contribution in [0.3, 0.4) is 0 Å². The minimum Gasteiger partial charge on any atom is -0.465 e. The molecule has 2 fully saturated rings. The van der Waals surface area contributed by atoms with Crippen LogP contribution in [0.15, 0.2) is 41.3 Å². The Morgan fingerprint density at radius 2 is 1.68 bits per heavy atom. The number of benzene rings is 1. The van der Waals surface area contributed by atoms with Gasteiger partial charge in [0.1, 0.15) is 0 Å². The average Bonchev–Trinajstić information content (AvgIpc) is 2.73. The van der Waals surface area contributed by atoms with Crippen LogP contribution in [0.4, 0.5) is 0 Å². The van der Waals surface area contributed by atoms with Gasteiger partial charge in [0.15, 0.2) is 0 Å². The lowest BCUT2D eigenvalue weighted by atomic mass is 9.95. The van der Waals surface area contributed by atoms with Crippen molar-refractivity contribution in [3.63, 3.8) is 0 Å². The van der Waals surface area contributed by atoms with E-state index < -0.39 is 16.0 Å². The predicted octanol–water partition coefficient (Wildman–Crippen LogP) is 2.05. The maximum Gasteiger partial charge on any atom is 0.339 e. The molecule has 1 aromatic rings. The van der Waals surface area contributed by atoms with Gasteiger partial charge in [-0.3, -0.25) is 4.79 Å². The van der Waals surface area contributed by atoms with Gasteiger partial charge in [-0.15, -0.1) is 0 Å². The number of esters is 1. The fraction of sp³-hybridized carbons (Fsp3) is 0.500. The second-order valence-electron chi connectivity index (χ2n) is 7.24. The first kappa shape index (κ1) is 20.5. The molecule has 0 unspecified atom stereocenters. The minimum atomic E-state index is -3.83. The van der Waals surface area contributed by atoms with Crippen LogP contribution in [-0.4, -0.2) is 62.8 Å². The first-order chi connectivity index (χ1) is 13.3. The van der Waals surface area contributed by atoms with E-state index >= 15 is 0 Å². The number of rotatable bonds is 4. The zero-order chi connectivity index (χ0) is 20.3. The van der Waals surface area contributed by atoms with Crippen molar-refractivity contribution in [1.82, 2.24) is 9.21 Å². The van der Waals surface area contributed by atoms with Crippen LogP contribution >= 0.6 is 0 Å². The number of ether oxygens (including phenoxy) is 1. The number of sulfonamides is 1. The molecular formula is C20H26N2O5S. The van der Waals surface area contributed by atoms with Gasteiger partial charge in [0.05, 0.1) is 17.6 Å². The van der Waals surface area contributed by atoms with Crippen molar-refractivity contribution in [2.45, 2.75) is 30.6 Å². The van der Waals surface area contributed by atoms with Gasteiger partial charge in [-0.2, -0.15) is 4.31 Å². The Morgan fingerprint density at radius 3 is 2.29 bits per heavy atom. The first-order valence-corrected chi connectivity index (χ1v) is 10.9. The Labute approximate surface area is 166 Å². The van der Waals surface area contributed by atoms with Crippen LogP contribution in [0.5, 0.6) is 0 Å². The van der Waals surface area contributed by atoms with Crippen LogP contribution in [0.1, 0.15) is 36.0 Å². The molecule has 28 heavy (non-hydrogen) atoms. The third kappa shape index (κ3) is 4.12. The van der Waals surface area contributed by atoms with Gasteiger partial charge in [-0.1, -0.05) is 24.3 Å². The molecule has 2 aliphatic rings. The highest BCUT2D eigenvalue weighted by Gasteiger charge is 2.35. The smallest absolute Gasteiger partial charge is 0.339 e. The zero-order valence-corrected chi connectivity index (χ0v) is 16.9. The summed E-state index contributed by atoms with van der Waals surface area (Å²) in [6.45, 7) is 5.88. The van der Waals surface area contributed by atoms with Gasteiger partial charge in [0.25, 0.3) is 0 Å². The van der Waals surface area contributed by atoms with E-state index in [1.54, 1.807) is 12.1 Å². The lowest BCUT2D eigenvalue weighted by molar-refractivity contribution is -0.137. The lowest BCUT2D eigenvalue weighted by Crippen LogP contribution is -2.46. The lowest BCUT2D eigenvalue weighted by Gasteiger charge is -2.35. The van der Waals surface area contributed by atoms with E-state index in [1.165, 1.54) is 29.1 Å². The summed E-state index contributed by atoms with van der Waals surface area (Å²) in [6, 6.07) is 6.04. The van der Waals surface area contributed by atoms with Crippen molar-refractivity contribution in [3.8, 4) is 0 Å². The number of amides is 1. The molecule has 0 radical (unpaired) electrons. The minimum absolute atomic E-state index is 0.0248. The fourth-order valence-electron chi connectivity index (χ4n) is 3.75. The number of hydrogen-bond acceptors (Lipinski definition) is 5. The highest BCUT2D eigenvalue weighted by molar-refractivity contribution is 7.89. The van der Waals surface area contributed by atoms with Crippen molar-refractivity contribution in [1.29, 1.82) is 0 Å². The second kappa shape index (κ2) is 8.45. The van der Waals surface area contributed by atoms with Crippen LogP contribution in [0, 0.1) is 5.92 Å². The molecule has 0 atom stereocenters. The molecule has 0 saturated carbocycles. The maximum absolute atomic E-state index is 13.1. The molecule has 0 bridgehead atoms. The molecule has 152 valence electrons. The SMILES string of the molecule is C=C1CCN(C(=O)C2CCN(S(=O)(=O)c3ccccc3C(=O)OC)CC2)CC1. The number of piperidine rings is 2. The van der Waals surface area contributed by atoms with Crippen LogP contribution in [-0.2, 0) is 19.6 Å². The zero-order valence-electron chi connectivity index (χ0n) is 16.1. The summed E-state index contributed by atoms with van der Waals surface area (Å²) in [6.07, 6.45) is 2.64. The highest BCUT2D eigenvalue weighted by atomic mass is 32.2. The van der Waals surface area contributed by atoms with Gasteiger partial charge in [-0.25, -0.2) is 13.2 Å². The van der Waals surface area contributed by atoms with Gasteiger partial charge >= 0.3 is 5.97 Å². The molecule has 3 rings (SSSR count). The Balaban J connectivity index is 1.68. The molecule has 0 aliphatic carbocycles. The van der Waals surface area contributed by atoms with E-state index in [0.29, 0.717) is 25.9 Å². The molecule has 0 spiro atoms. The molecule has 2 heterocycles. The van der Waals surface area contributed by atoms with Gasteiger partial charge < -0.3 is 9.64 Å². The molecule has 8 heteroatoms. The average molecular weight is 407 g/mol. The second-order valence-corrected chi connectivity index (χ2v) is 9.15. The predicted molar refractivity (Wildman–Crippen MR) is 104 cm³/mol. The Morgan fingerprint density at radius 1 is 1.07 bits per heavy atom. The number of carbonyl (C=O) groups excluding carboxylic acids is 2. The van der Waals surface area contributed by atoms with Crippen molar-refractivity contribution >= 4 is 21.9 Å². The summed E-state index contributed by atoms with van der Waals surface area (Å²) in [5.41, 5.74) is 1.20. The number of hydrogen-bond donors (Lipinski definition) is 0. The first-order valence-electron chi connectivity index (χ1n) is 9.47. The standard InChI is InChI=1S/C20H26N2O5S/c1-15-7-11-21(12-8-15)19(23)16-9-13-22(14-10-16)28(25,26)18-6-4-3-5-17(18)20(24)27-2/h3-6,16H,1,7-14H2,2H3. The third-order valence-corrected chi connectivity index (χ3v) is 7.45. The summed E-state index contributed by atoms with van der Waals surface area (Å²) < 4.78 is 32.2. The molecule has 0 N–H and O–H groups in total. The summed E-state index contributed by atoms with van der Waals surface area (Å²) in [5.74, 6) is -0.732. The number of methoxy groups -OCH3 is 1. The molecule has 2 saturated heterocycles. The summed E-state index contributed by atoms with van der Waals surface area (Å²) >= 11 is 0. The molecular weight excluding hydrogens is 380 g/mol. The van der Waals surface area contributed by atoms with Crippen molar-refractivity contribution < 1.29 is 22.7 Å². The van der Waals surface area contributed by atoms with Gasteiger partial charge in [-0.05, 0) is 37.8 Å². The normalized spacial score (nSPS) is 19.5. The van der Waals surface area contributed by atoms with Gasteiger partial charge in [0.2, 0.25) is 15.9 Å². The van der Waals surface area contributed by atoms with E-state index in [0.717, 1.165) is 12.8 Å². The number of carbonyl (C=O) groups is 2. The van der Waals surface area contributed by atoms with E-state index in [4.69, 9.17) is 4.74 Å². The molecule has 1 amide bonds.